The van der Waals surface area contributed by atoms with Crippen molar-refractivity contribution in [3.05, 3.63) is 35.4 Å². The van der Waals surface area contributed by atoms with Crippen LogP contribution in [-0.4, -0.2) is 39.4 Å². The van der Waals surface area contributed by atoms with Crippen LogP contribution in [0.2, 0.25) is 0 Å². The fraction of sp³-hybridized carbons (Fsp3) is 0.682. The molecule has 0 radical (unpaired) electrons. The van der Waals surface area contributed by atoms with E-state index in [9.17, 15) is 0 Å². The van der Waals surface area contributed by atoms with Crippen LogP contribution >= 0.6 is 24.0 Å². The quantitative estimate of drug-likeness (QED) is 0.191. The SMILES string of the molecule is CCCOCc1ccccc1CN=C(NCC)NCC1(CCOC)CCC1.I. The Balaban J connectivity index is 0.00000392. The van der Waals surface area contributed by atoms with Crippen molar-refractivity contribution in [2.75, 3.05) is 33.4 Å². The van der Waals surface area contributed by atoms with E-state index in [-0.39, 0.29) is 24.0 Å². The molecule has 0 bridgehead atoms. The summed E-state index contributed by atoms with van der Waals surface area (Å²) in [6.07, 6.45) is 6.04. The molecule has 2 rings (SSSR count). The van der Waals surface area contributed by atoms with E-state index in [0.29, 0.717) is 18.6 Å². The Labute approximate surface area is 188 Å². The first kappa shape index (κ1) is 25.2. The van der Waals surface area contributed by atoms with E-state index in [0.717, 1.165) is 45.1 Å². The van der Waals surface area contributed by atoms with Gasteiger partial charge in [0, 0.05) is 33.4 Å². The highest BCUT2D eigenvalue weighted by atomic mass is 127. The van der Waals surface area contributed by atoms with Gasteiger partial charge < -0.3 is 20.1 Å². The molecule has 6 heteroatoms. The molecule has 0 atom stereocenters. The lowest BCUT2D eigenvalue weighted by atomic mass is 9.67. The van der Waals surface area contributed by atoms with Crippen molar-refractivity contribution in [2.45, 2.75) is 59.1 Å². The van der Waals surface area contributed by atoms with Crippen molar-refractivity contribution in [2.24, 2.45) is 10.4 Å². The molecular weight excluding hydrogens is 465 g/mol. The van der Waals surface area contributed by atoms with E-state index in [1.54, 1.807) is 7.11 Å². The maximum Gasteiger partial charge on any atom is 0.191 e. The number of aliphatic imine (C=N–C) groups is 1. The van der Waals surface area contributed by atoms with Crippen molar-refractivity contribution >= 4 is 29.9 Å². The lowest BCUT2D eigenvalue weighted by Crippen LogP contribution is -2.47. The Bertz CT molecular complexity index is 577. The molecule has 0 unspecified atom stereocenters. The number of nitrogens with one attached hydrogen (secondary N) is 2. The third-order valence-electron chi connectivity index (χ3n) is 5.36. The first-order chi connectivity index (χ1) is 13.2. The summed E-state index contributed by atoms with van der Waals surface area (Å²) in [5.41, 5.74) is 2.82. The second kappa shape index (κ2) is 14.2. The Morgan fingerprint density at radius 3 is 2.46 bits per heavy atom. The average molecular weight is 503 g/mol. The normalized spacial score (nSPS) is 15.5. The van der Waals surface area contributed by atoms with E-state index in [2.05, 4.69) is 48.7 Å². The van der Waals surface area contributed by atoms with Gasteiger partial charge in [0.25, 0.3) is 0 Å². The maximum absolute atomic E-state index is 5.72. The summed E-state index contributed by atoms with van der Waals surface area (Å²) in [6, 6.07) is 8.42. The third-order valence-corrected chi connectivity index (χ3v) is 5.36. The number of rotatable bonds is 12. The topological polar surface area (TPSA) is 54.9 Å². The third kappa shape index (κ3) is 8.25. The van der Waals surface area contributed by atoms with Gasteiger partial charge in [0.15, 0.2) is 5.96 Å². The molecular formula is C22H38IN3O2. The Morgan fingerprint density at radius 1 is 1.11 bits per heavy atom. The van der Waals surface area contributed by atoms with E-state index in [1.807, 2.05) is 0 Å². The number of benzene rings is 1. The lowest BCUT2D eigenvalue weighted by molar-refractivity contribution is 0.0732. The molecule has 1 aliphatic carbocycles. The van der Waals surface area contributed by atoms with Crippen LogP contribution in [0, 0.1) is 5.41 Å². The zero-order valence-electron chi connectivity index (χ0n) is 17.8. The molecule has 0 saturated heterocycles. The molecule has 1 aromatic rings. The Hall–Kier alpha value is -0.860. The first-order valence-corrected chi connectivity index (χ1v) is 10.4. The number of hydrogen-bond acceptors (Lipinski definition) is 3. The fourth-order valence-corrected chi connectivity index (χ4v) is 3.47. The van der Waals surface area contributed by atoms with E-state index in [1.165, 1.54) is 30.4 Å². The van der Waals surface area contributed by atoms with Crippen molar-refractivity contribution in [3.63, 3.8) is 0 Å². The second-order valence-electron chi connectivity index (χ2n) is 7.47. The van der Waals surface area contributed by atoms with Gasteiger partial charge >= 0.3 is 0 Å². The molecule has 1 fully saturated rings. The van der Waals surface area contributed by atoms with Gasteiger partial charge in [-0.15, -0.1) is 24.0 Å². The van der Waals surface area contributed by atoms with Gasteiger partial charge in [-0.1, -0.05) is 37.6 Å². The lowest BCUT2D eigenvalue weighted by Gasteiger charge is -2.42. The molecule has 1 saturated carbocycles. The second-order valence-corrected chi connectivity index (χ2v) is 7.47. The molecule has 0 amide bonds. The largest absolute Gasteiger partial charge is 0.385 e. The zero-order chi connectivity index (χ0) is 19.4. The summed E-state index contributed by atoms with van der Waals surface area (Å²) in [7, 11) is 1.78. The van der Waals surface area contributed by atoms with E-state index >= 15 is 0 Å². The van der Waals surface area contributed by atoms with E-state index in [4.69, 9.17) is 14.5 Å². The van der Waals surface area contributed by atoms with Gasteiger partial charge in [-0.2, -0.15) is 0 Å². The summed E-state index contributed by atoms with van der Waals surface area (Å²) in [5, 5.41) is 6.94. The molecule has 2 N–H and O–H groups in total. The minimum absolute atomic E-state index is 0. The van der Waals surface area contributed by atoms with Crippen molar-refractivity contribution < 1.29 is 9.47 Å². The van der Waals surface area contributed by atoms with Gasteiger partial charge in [0.1, 0.15) is 0 Å². The summed E-state index contributed by atoms with van der Waals surface area (Å²) < 4.78 is 11.0. The fourth-order valence-electron chi connectivity index (χ4n) is 3.47. The highest BCUT2D eigenvalue weighted by Crippen LogP contribution is 2.43. The minimum Gasteiger partial charge on any atom is -0.385 e. The molecule has 0 spiro atoms. The van der Waals surface area contributed by atoms with Gasteiger partial charge in [-0.25, -0.2) is 4.99 Å². The van der Waals surface area contributed by atoms with Crippen molar-refractivity contribution in [1.82, 2.24) is 10.6 Å². The van der Waals surface area contributed by atoms with Crippen LogP contribution in [0.3, 0.4) is 0 Å². The summed E-state index contributed by atoms with van der Waals surface area (Å²) >= 11 is 0. The van der Waals surface area contributed by atoms with Crippen molar-refractivity contribution in [1.29, 1.82) is 0 Å². The summed E-state index contributed by atoms with van der Waals surface area (Å²) in [4.78, 5) is 4.82. The molecule has 160 valence electrons. The number of ether oxygens (including phenoxy) is 2. The van der Waals surface area contributed by atoms with Crippen molar-refractivity contribution in [3.8, 4) is 0 Å². The van der Waals surface area contributed by atoms with Gasteiger partial charge in [0.2, 0.25) is 0 Å². The highest BCUT2D eigenvalue weighted by molar-refractivity contribution is 14.0. The van der Waals surface area contributed by atoms with Crippen LogP contribution in [0.1, 0.15) is 57.1 Å². The van der Waals surface area contributed by atoms with Crippen LogP contribution < -0.4 is 10.6 Å². The van der Waals surface area contributed by atoms with Crippen LogP contribution in [0.5, 0.6) is 0 Å². The Kier molecular flexibility index (Phi) is 12.7. The van der Waals surface area contributed by atoms with E-state index < -0.39 is 0 Å². The monoisotopic (exact) mass is 503 g/mol. The molecule has 0 heterocycles. The average Bonchev–Trinajstić information content (AvgIpc) is 2.66. The molecule has 0 aliphatic heterocycles. The standard InChI is InChI=1S/C22H37N3O2.HI/c1-4-14-27-17-20-10-7-6-9-19(20)16-24-21(23-5-2)25-18-22(11-8-12-22)13-15-26-3;/h6-7,9-10H,4-5,8,11-18H2,1-3H3,(H2,23,24,25);1H. The molecule has 28 heavy (non-hydrogen) atoms. The molecule has 5 nitrogen and oxygen atoms in total. The summed E-state index contributed by atoms with van der Waals surface area (Å²) in [5.74, 6) is 0.894. The number of hydrogen-bond donors (Lipinski definition) is 2. The molecule has 1 aromatic carbocycles. The zero-order valence-corrected chi connectivity index (χ0v) is 20.1. The minimum atomic E-state index is 0. The Morgan fingerprint density at radius 2 is 1.86 bits per heavy atom. The molecule has 0 aromatic heterocycles. The number of nitrogens with zero attached hydrogens (tertiary/aromatic N) is 1. The van der Waals surface area contributed by atoms with Crippen LogP contribution in [0.15, 0.2) is 29.3 Å². The predicted molar refractivity (Wildman–Crippen MR) is 127 cm³/mol. The van der Waals surface area contributed by atoms with Gasteiger partial charge in [-0.05, 0) is 49.1 Å². The highest BCUT2D eigenvalue weighted by Gasteiger charge is 2.36. The number of guanidine groups is 1. The summed E-state index contributed by atoms with van der Waals surface area (Å²) in [6.45, 7) is 9.00. The van der Waals surface area contributed by atoms with Crippen LogP contribution in [0.4, 0.5) is 0 Å². The van der Waals surface area contributed by atoms with Gasteiger partial charge in [-0.3, -0.25) is 0 Å². The smallest absolute Gasteiger partial charge is 0.191 e. The van der Waals surface area contributed by atoms with Crippen LogP contribution in [0.25, 0.3) is 0 Å². The number of methoxy groups -OCH3 is 1. The number of halogens is 1. The predicted octanol–water partition coefficient (Wildman–Crippen LogP) is 4.49. The maximum atomic E-state index is 5.72. The molecule has 1 aliphatic rings. The first-order valence-electron chi connectivity index (χ1n) is 10.4. The van der Waals surface area contributed by atoms with Gasteiger partial charge in [0.05, 0.1) is 13.2 Å². The van der Waals surface area contributed by atoms with Crippen LogP contribution in [-0.2, 0) is 22.6 Å².